The van der Waals surface area contributed by atoms with Gasteiger partial charge in [0.15, 0.2) is 0 Å². The van der Waals surface area contributed by atoms with Crippen LogP contribution in [0.4, 0.5) is 15.8 Å². The van der Waals surface area contributed by atoms with Crippen LogP contribution >= 0.6 is 22.6 Å². The quantitative estimate of drug-likeness (QED) is 0.514. The van der Waals surface area contributed by atoms with Crippen molar-refractivity contribution in [3.05, 3.63) is 62.6 Å². The van der Waals surface area contributed by atoms with Gasteiger partial charge in [-0.1, -0.05) is 0 Å². The molecule has 1 atom stereocenters. The second-order valence-corrected chi connectivity index (χ2v) is 6.76. The predicted molar refractivity (Wildman–Crippen MR) is 101 cm³/mol. The molecule has 0 aliphatic rings. The number of nitrogens with one attached hydrogen (secondary N) is 1. The second-order valence-electron chi connectivity index (χ2n) is 5.51. The Balaban J connectivity index is 2.08. The van der Waals surface area contributed by atoms with E-state index in [2.05, 4.69) is 10.3 Å². The number of rotatable bonds is 5. The summed E-state index contributed by atoms with van der Waals surface area (Å²) >= 11 is 2.01. The Morgan fingerprint density at radius 2 is 2.08 bits per heavy atom. The number of hydrogen-bond donors (Lipinski definition) is 3. The zero-order valence-corrected chi connectivity index (χ0v) is 15.1. The number of nitrogens with zero attached hydrogens (tertiary/aromatic N) is 2. The summed E-state index contributed by atoms with van der Waals surface area (Å²) < 4.78 is 16.2. The van der Waals surface area contributed by atoms with Crippen LogP contribution in [0, 0.1) is 9.39 Å². The first-order chi connectivity index (χ1) is 12.0. The first-order valence-corrected chi connectivity index (χ1v) is 8.55. The van der Waals surface area contributed by atoms with Crippen molar-refractivity contribution in [3.8, 4) is 0 Å². The zero-order valence-electron chi connectivity index (χ0n) is 13.0. The van der Waals surface area contributed by atoms with Crippen LogP contribution in [-0.4, -0.2) is 32.5 Å². The Kier molecular flexibility index (Phi) is 5.30. The van der Waals surface area contributed by atoms with E-state index in [1.54, 1.807) is 24.4 Å². The van der Waals surface area contributed by atoms with Crippen molar-refractivity contribution in [2.45, 2.75) is 12.6 Å². The highest BCUT2D eigenvalue weighted by Gasteiger charge is 2.12. The van der Waals surface area contributed by atoms with Gasteiger partial charge in [0.1, 0.15) is 5.82 Å². The third-order valence-corrected chi connectivity index (χ3v) is 4.37. The number of fused-ring (bicyclic) bond motifs is 1. The minimum atomic E-state index is -1.04. The predicted octanol–water partition coefficient (Wildman–Crippen LogP) is 2.24. The second kappa shape index (κ2) is 7.46. The molecule has 0 aliphatic carbocycles. The summed E-state index contributed by atoms with van der Waals surface area (Å²) in [6.45, 7) is -0.481. The number of aromatic nitrogens is 2. The smallest absolute Gasteiger partial charge is 0.260 e. The molecule has 130 valence electrons. The molecule has 0 saturated heterocycles. The SMILES string of the molecule is O=c1c2c(Nc3ccc(I)cc3F)cncc2ccn1C[C@@H](O)CO. The summed E-state index contributed by atoms with van der Waals surface area (Å²) in [7, 11) is 0. The van der Waals surface area contributed by atoms with Crippen LogP contribution in [0.3, 0.4) is 0 Å². The fourth-order valence-corrected chi connectivity index (χ4v) is 2.94. The van der Waals surface area contributed by atoms with Crippen molar-refractivity contribution in [1.29, 1.82) is 0 Å². The fraction of sp³-hybridized carbons (Fsp3) is 0.176. The summed E-state index contributed by atoms with van der Waals surface area (Å²) in [4.78, 5) is 16.8. The van der Waals surface area contributed by atoms with E-state index in [4.69, 9.17) is 5.11 Å². The van der Waals surface area contributed by atoms with Crippen LogP contribution < -0.4 is 10.9 Å². The molecule has 0 bridgehead atoms. The van der Waals surface area contributed by atoms with Crippen molar-refractivity contribution in [1.82, 2.24) is 9.55 Å². The molecule has 1 aromatic carbocycles. The van der Waals surface area contributed by atoms with Gasteiger partial charge in [-0.05, 0) is 46.9 Å². The molecule has 0 unspecified atom stereocenters. The molecule has 3 aromatic rings. The summed E-state index contributed by atoms with van der Waals surface area (Å²) in [6.07, 6.45) is 3.48. The molecule has 0 aliphatic heterocycles. The van der Waals surface area contributed by atoms with E-state index in [1.807, 2.05) is 22.6 Å². The lowest BCUT2D eigenvalue weighted by Crippen LogP contribution is -2.28. The number of halogens is 2. The normalized spacial score (nSPS) is 12.3. The van der Waals surface area contributed by atoms with Gasteiger partial charge in [0.05, 0.1) is 42.2 Å². The molecule has 0 amide bonds. The maximum absolute atomic E-state index is 14.1. The minimum Gasteiger partial charge on any atom is -0.394 e. The fourth-order valence-electron chi connectivity index (χ4n) is 2.48. The van der Waals surface area contributed by atoms with E-state index in [9.17, 15) is 14.3 Å². The Morgan fingerprint density at radius 3 is 2.80 bits per heavy atom. The van der Waals surface area contributed by atoms with Crippen LogP contribution in [0.25, 0.3) is 10.8 Å². The van der Waals surface area contributed by atoms with Crippen LogP contribution in [0.15, 0.2) is 47.7 Å². The molecule has 2 heterocycles. The topological polar surface area (TPSA) is 87.4 Å². The van der Waals surface area contributed by atoms with E-state index in [1.165, 1.54) is 23.0 Å². The van der Waals surface area contributed by atoms with Gasteiger partial charge in [0.2, 0.25) is 0 Å². The number of benzene rings is 1. The molecule has 3 rings (SSSR count). The Labute approximate surface area is 156 Å². The van der Waals surface area contributed by atoms with E-state index >= 15 is 0 Å². The van der Waals surface area contributed by atoms with Crippen LogP contribution in [-0.2, 0) is 6.54 Å². The number of aliphatic hydroxyl groups is 2. The molecule has 0 fully saturated rings. The van der Waals surface area contributed by atoms with Crippen molar-refractivity contribution >= 4 is 44.7 Å². The van der Waals surface area contributed by atoms with Gasteiger partial charge in [-0.3, -0.25) is 9.78 Å². The molecular formula is C17H15FIN3O3. The number of hydrogen-bond acceptors (Lipinski definition) is 5. The first kappa shape index (κ1) is 17.8. The maximum Gasteiger partial charge on any atom is 0.260 e. The summed E-state index contributed by atoms with van der Waals surface area (Å²) in [5.41, 5.74) is 0.246. The summed E-state index contributed by atoms with van der Waals surface area (Å²) in [5, 5.41) is 22.4. The molecule has 0 saturated carbocycles. The van der Waals surface area contributed by atoms with Crippen LogP contribution in [0.1, 0.15) is 0 Å². The third-order valence-electron chi connectivity index (χ3n) is 3.70. The summed E-state index contributed by atoms with van der Waals surface area (Å²) in [6, 6.07) is 6.41. The van der Waals surface area contributed by atoms with Gasteiger partial charge in [-0.25, -0.2) is 4.39 Å². The molecule has 0 spiro atoms. The average molecular weight is 455 g/mol. The number of anilines is 2. The molecule has 6 nitrogen and oxygen atoms in total. The van der Waals surface area contributed by atoms with E-state index < -0.39 is 18.5 Å². The van der Waals surface area contributed by atoms with Gasteiger partial charge in [-0.2, -0.15) is 0 Å². The van der Waals surface area contributed by atoms with Crippen molar-refractivity contribution in [3.63, 3.8) is 0 Å². The van der Waals surface area contributed by atoms with Gasteiger partial charge in [0.25, 0.3) is 5.56 Å². The van der Waals surface area contributed by atoms with Crippen LogP contribution in [0.5, 0.6) is 0 Å². The highest BCUT2D eigenvalue weighted by atomic mass is 127. The molecule has 25 heavy (non-hydrogen) atoms. The molecule has 8 heteroatoms. The lowest BCUT2D eigenvalue weighted by atomic mass is 10.2. The highest BCUT2D eigenvalue weighted by Crippen LogP contribution is 2.25. The van der Waals surface area contributed by atoms with Gasteiger partial charge in [-0.15, -0.1) is 0 Å². The Hall–Kier alpha value is -2.04. The van der Waals surface area contributed by atoms with E-state index in [-0.39, 0.29) is 17.8 Å². The molecule has 0 radical (unpaired) electrons. The van der Waals surface area contributed by atoms with Crippen molar-refractivity contribution in [2.75, 3.05) is 11.9 Å². The summed E-state index contributed by atoms with van der Waals surface area (Å²) in [5.74, 6) is -0.434. The molecule has 3 N–H and O–H groups in total. The zero-order chi connectivity index (χ0) is 18.0. The van der Waals surface area contributed by atoms with Crippen LogP contribution in [0.2, 0.25) is 0 Å². The average Bonchev–Trinajstić information content (AvgIpc) is 2.59. The highest BCUT2D eigenvalue weighted by molar-refractivity contribution is 14.1. The Bertz CT molecular complexity index is 977. The molecule has 2 aromatic heterocycles. The van der Waals surface area contributed by atoms with Crippen molar-refractivity contribution in [2.24, 2.45) is 0 Å². The monoisotopic (exact) mass is 455 g/mol. The standard InChI is InChI=1S/C17H15FIN3O3/c18-13-5-11(19)1-2-14(13)21-15-7-20-6-10-3-4-22(8-12(24)9-23)17(25)16(10)15/h1-7,12,21,23-24H,8-9H2/t12-/m1/s1. The molecular weight excluding hydrogens is 440 g/mol. The van der Waals surface area contributed by atoms with Gasteiger partial charge in [0, 0.05) is 21.4 Å². The third kappa shape index (κ3) is 3.80. The number of aliphatic hydroxyl groups excluding tert-OH is 2. The first-order valence-electron chi connectivity index (χ1n) is 7.47. The van der Waals surface area contributed by atoms with E-state index in [0.29, 0.717) is 16.5 Å². The van der Waals surface area contributed by atoms with Gasteiger partial charge < -0.3 is 20.1 Å². The lowest BCUT2D eigenvalue weighted by molar-refractivity contribution is 0.0805. The maximum atomic E-state index is 14.1. The minimum absolute atomic E-state index is 0.0368. The van der Waals surface area contributed by atoms with Crippen molar-refractivity contribution < 1.29 is 14.6 Å². The lowest BCUT2D eigenvalue weighted by Gasteiger charge is -2.13. The largest absolute Gasteiger partial charge is 0.394 e. The number of pyridine rings is 2. The van der Waals surface area contributed by atoms with E-state index in [0.717, 1.165) is 3.57 Å². The van der Waals surface area contributed by atoms with Gasteiger partial charge >= 0.3 is 0 Å². The Morgan fingerprint density at radius 1 is 1.28 bits per heavy atom.